The van der Waals surface area contributed by atoms with E-state index < -0.39 is 11.5 Å². The van der Waals surface area contributed by atoms with Gasteiger partial charge in [-0.3, -0.25) is 0 Å². The molecule has 0 saturated carbocycles. The minimum atomic E-state index is -0.874. The van der Waals surface area contributed by atoms with Crippen molar-refractivity contribution in [2.75, 3.05) is 13.2 Å². The second kappa shape index (κ2) is 4.74. The SMILES string of the molecule is N#CC1(CC(O)CO)CCOc2ccccc21. The molecule has 90 valence electrons. The summed E-state index contributed by atoms with van der Waals surface area (Å²) in [6.07, 6.45) is -0.0985. The van der Waals surface area contributed by atoms with Gasteiger partial charge < -0.3 is 14.9 Å². The van der Waals surface area contributed by atoms with Gasteiger partial charge in [0, 0.05) is 12.0 Å². The van der Waals surface area contributed by atoms with E-state index in [4.69, 9.17) is 9.84 Å². The molecule has 1 aromatic carbocycles. The van der Waals surface area contributed by atoms with Gasteiger partial charge in [0.2, 0.25) is 0 Å². The minimum absolute atomic E-state index is 0.236. The van der Waals surface area contributed by atoms with Crippen LogP contribution in [-0.2, 0) is 5.41 Å². The van der Waals surface area contributed by atoms with Crippen LogP contribution < -0.4 is 4.74 Å². The number of ether oxygens (including phenoxy) is 1. The third-order valence-corrected chi connectivity index (χ3v) is 3.20. The van der Waals surface area contributed by atoms with Gasteiger partial charge in [-0.1, -0.05) is 18.2 Å². The first-order valence-corrected chi connectivity index (χ1v) is 5.64. The zero-order valence-electron chi connectivity index (χ0n) is 9.47. The van der Waals surface area contributed by atoms with Gasteiger partial charge in [0.1, 0.15) is 5.75 Å². The summed E-state index contributed by atoms with van der Waals surface area (Å²) in [5.41, 5.74) is 0.0537. The molecule has 0 spiro atoms. The molecule has 0 aliphatic carbocycles. The van der Waals surface area contributed by atoms with E-state index in [0.29, 0.717) is 18.8 Å². The lowest BCUT2D eigenvalue weighted by Gasteiger charge is -2.34. The zero-order chi connectivity index (χ0) is 12.3. The molecule has 0 saturated heterocycles. The van der Waals surface area contributed by atoms with Crippen LogP contribution in [0.2, 0.25) is 0 Å². The number of nitrogens with zero attached hydrogens (tertiary/aromatic N) is 1. The monoisotopic (exact) mass is 233 g/mol. The Morgan fingerprint density at radius 1 is 1.47 bits per heavy atom. The number of nitriles is 1. The Hall–Kier alpha value is -1.57. The van der Waals surface area contributed by atoms with Gasteiger partial charge in [-0.2, -0.15) is 5.26 Å². The Labute approximate surface area is 100 Å². The number of hydrogen-bond donors (Lipinski definition) is 2. The highest BCUT2D eigenvalue weighted by molar-refractivity contribution is 5.45. The van der Waals surface area contributed by atoms with Crippen LogP contribution in [0.1, 0.15) is 18.4 Å². The molecule has 0 bridgehead atoms. The molecule has 1 aromatic rings. The Bertz CT molecular complexity index is 441. The number of rotatable bonds is 3. The van der Waals surface area contributed by atoms with Gasteiger partial charge in [0.25, 0.3) is 0 Å². The van der Waals surface area contributed by atoms with Crippen molar-refractivity contribution in [1.82, 2.24) is 0 Å². The Morgan fingerprint density at radius 2 is 2.24 bits per heavy atom. The third-order valence-electron chi connectivity index (χ3n) is 3.20. The molecule has 1 heterocycles. The van der Waals surface area contributed by atoms with Crippen LogP contribution in [0.25, 0.3) is 0 Å². The smallest absolute Gasteiger partial charge is 0.124 e. The predicted octanol–water partition coefficient (Wildman–Crippen LogP) is 0.974. The van der Waals surface area contributed by atoms with Gasteiger partial charge >= 0.3 is 0 Å². The third kappa shape index (κ3) is 2.12. The second-order valence-electron chi connectivity index (χ2n) is 4.33. The van der Waals surface area contributed by atoms with E-state index >= 15 is 0 Å². The highest BCUT2D eigenvalue weighted by atomic mass is 16.5. The molecular formula is C13H15NO3. The summed E-state index contributed by atoms with van der Waals surface area (Å²) in [7, 11) is 0. The highest BCUT2D eigenvalue weighted by Crippen LogP contribution is 2.41. The fourth-order valence-corrected chi connectivity index (χ4v) is 2.30. The minimum Gasteiger partial charge on any atom is -0.493 e. The topological polar surface area (TPSA) is 73.5 Å². The van der Waals surface area contributed by atoms with Crippen molar-refractivity contribution in [3.8, 4) is 11.8 Å². The molecule has 0 amide bonds. The molecular weight excluding hydrogens is 218 g/mol. The number of para-hydroxylation sites is 1. The number of hydrogen-bond acceptors (Lipinski definition) is 4. The van der Waals surface area contributed by atoms with Crippen LogP contribution in [0.5, 0.6) is 5.75 Å². The molecule has 17 heavy (non-hydrogen) atoms. The van der Waals surface area contributed by atoms with Crippen molar-refractivity contribution in [3.05, 3.63) is 29.8 Å². The van der Waals surface area contributed by atoms with Crippen molar-refractivity contribution in [1.29, 1.82) is 5.26 Å². The van der Waals surface area contributed by atoms with Gasteiger partial charge in [-0.05, 0) is 12.5 Å². The molecule has 0 aromatic heterocycles. The van der Waals surface area contributed by atoms with Gasteiger partial charge in [-0.15, -0.1) is 0 Å². The van der Waals surface area contributed by atoms with Crippen molar-refractivity contribution >= 4 is 0 Å². The molecule has 2 N–H and O–H groups in total. The lowest BCUT2D eigenvalue weighted by Crippen LogP contribution is -2.36. The Morgan fingerprint density at radius 3 is 2.94 bits per heavy atom. The number of benzene rings is 1. The summed E-state index contributed by atoms with van der Waals surface area (Å²) in [6, 6.07) is 9.67. The lowest BCUT2D eigenvalue weighted by molar-refractivity contribution is 0.0672. The zero-order valence-corrected chi connectivity index (χ0v) is 9.47. The maximum Gasteiger partial charge on any atom is 0.124 e. The first kappa shape index (κ1) is 11.9. The molecule has 0 radical (unpaired) electrons. The van der Waals surface area contributed by atoms with Gasteiger partial charge in [-0.25, -0.2) is 0 Å². The van der Waals surface area contributed by atoms with Crippen molar-refractivity contribution in [3.63, 3.8) is 0 Å². The van der Waals surface area contributed by atoms with E-state index in [-0.39, 0.29) is 13.0 Å². The number of aliphatic hydroxyl groups is 2. The van der Waals surface area contributed by atoms with Crippen LogP contribution >= 0.6 is 0 Å². The van der Waals surface area contributed by atoms with Crippen molar-refractivity contribution in [2.24, 2.45) is 0 Å². The molecule has 1 aliphatic heterocycles. The quantitative estimate of drug-likeness (QED) is 0.816. The lowest BCUT2D eigenvalue weighted by atomic mass is 9.73. The average Bonchev–Trinajstić information content (AvgIpc) is 2.39. The first-order chi connectivity index (χ1) is 8.22. The molecule has 2 rings (SSSR count). The molecule has 2 unspecified atom stereocenters. The largest absolute Gasteiger partial charge is 0.493 e. The Kier molecular flexibility index (Phi) is 3.32. The average molecular weight is 233 g/mol. The van der Waals surface area contributed by atoms with Crippen LogP contribution in [0.3, 0.4) is 0 Å². The van der Waals surface area contributed by atoms with E-state index in [0.717, 1.165) is 5.56 Å². The van der Waals surface area contributed by atoms with Crippen molar-refractivity contribution in [2.45, 2.75) is 24.4 Å². The fourth-order valence-electron chi connectivity index (χ4n) is 2.30. The fraction of sp³-hybridized carbons (Fsp3) is 0.462. The summed E-state index contributed by atoms with van der Waals surface area (Å²) in [5, 5.41) is 28.0. The Balaban J connectivity index is 2.40. The molecule has 0 fully saturated rings. The summed E-state index contributed by atoms with van der Waals surface area (Å²) in [4.78, 5) is 0. The van der Waals surface area contributed by atoms with Gasteiger partial charge in [0.05, 0.1) is 30.8 Å². The maximum absolute atomic E-state index is 9.59. The number of aliphatic hydroxyl groups excluding tert-OH is 2. The first-order valence-electron chi connectivity index (χ1n) is 5.64. The van der Waals surface area contributed by atoms with E-state index in [1.54, 1.807) is 0 Å². The van der Waals surface area contributed by atoms with Crippen LogP contribution in [0.4, 0.5) is 0 Å². The van der Waals surface area contributed by atoms with Crippen molar-refractivity contribution < 1.29 is 14.9 Å². The maximum atomic E-state index is 9.59. The summed E-state index contributed by atoms with van der Waals surface area (Å²) >= 11 is 0. The molecule has 4 nitrogen and oxygen atoms in total. The summed E-state index contributed by atoms with van der Waals surface area (Å²) in [6.45, 7) is 0.134. The normalized spacial score (nSPS) is 24.3. The van der Waals surface area contributed by atoms with Crippen LogP contribution in [0.15, 0.2) is 24.3 Å². The number of fused-ring (bicyclic) bond motifs is 1. The van der Waals surface area contributed by atoms with E-state index in [1.807, 2.05) is 24.3 Å². The van der Waals surface area contributed by atoms with E-state index in [9.17, 15) is 10.4 Å². The highest BCUT2D eigenvalue weighted by Gasteiger charge is 2.39. The van der Waals surface area contributed by atoms with E-state index in [1.165, 1.54) is 0 Å². The summed E-state index contributed by atoms with van der Waals surface area (Å²) < 4.78 is 5.50. The molecule has 4 heteroatoms. The van der Waals surface area contributed by atoms with Gasteiger partial charge in [0.15, 0.2) is 0 Å². The van der Waals surface area contributed by atoms with E-state index in [2.05, 4.69) is 6.07 Å². The standard InChI is InChI=1S/C13H15NO3/c14-9-13(7-10(16)8-15)5-6-17-12-4-2-1-3-11(12)13/h1-4,10,15-16H,5-8H2. The predicted molar refractivity (Wildman–Crippen MR) is 61.6 cm³/mol. The van der Waals surface area contributed by atoms with Crippen LogP contribution in [0, 0.1) is 11.3 Å². The second-order valence-corrected chi connectivity index (χ2v) is 4.33. The molecule has 1 aliphatic rings. The molecule has 2 atom stereocenters. The summed E-state index contributed by atoms with van der Waals surface area (Å²) in [5.74, 6) is 0.699. The van der Waals surface area contributed by atoms with Crippen LogP contribution in [-0.4, -0.2) is 29.5 Å².